The van der Waals surface area contributed by atoms with E-state index in [9.17, 15) is 9.18 Å². The van der Waals surface area contributed by atoms with Crippen molar-refractivity contribution in [2.45, 2.75) is 13.0 Å². The average Bonchev–Trinajstić information content (AvgIpc) is 2.87. The van der Waals surface area contributed by atoms with E-state index in [-0.39, 0.29) is 24.7 Å². The van der Waals surface area contributed by atoms with Gasteiger partial charge in [0, 0.05) is 0 Å². The summed E-state index contributed by atoms with van der Waals surface area (Å²) in [7, 11) is 0. The zero-order valence-electron chi connectivity index (χ0n) is 12.2. The van der Waals surface area contributed by atoms with Gasteiger partial charge in [0.15, 0.2) is 4.80 Å². The lowest BCUT2D eigenvalue weighted by Gasteiger charge is -2.00. The van der Waals surface area contributed by atoms with Crippen LogP contribution in [0.1, 0.15) is 5.56 Å². The summed E-state index contributed by atoms with van der Waals surface area (Å²) in [5.74, 6) is 1.83. The van der Waals surface area contributed by atoms with E-state index >= 15 is 0 Å². The number of para-hydroxylation sites is 1. The van der Waals surface area contributed by atoms with Crippen LogP contribution in [0.4, 0.5) is 4.39 Å². The molecular weight excluding hydrogens is 311 g/mol. The SMILES string of the molecule is C#CCn1c(=NC(=O)Cc2ccccc2)sc2cccc(F)c21. The van der Waals surface area contributed by atoms with Crippen LogP contribution in [-0.4, -0.2) is 10.5 Å². The Morgan fingerprint density at radius 1 is 1.22 bits per heavy atom. The zero-order chi connectivity index (χ0) is 16.2. The van der Waals surface area contributed by atoms with Gasteiger partial charge in [0.05, 0.1) is 23.2 Å². The summed E-state index contributed by atoms with van der Waals surface area (Å²) in [6.45, 7) is 0.165. The van der Waals surface area contributed by atoms with Gasteiger partial charge >= 0.3 is 0 Å². The molecule has 0 bridgehead atoms. The first kappa shape index (κ1) is 15.2. The summed E-state index contributed by atoms with van der Waals surface area (Å²) in [6.07, 6.45) is 5.57. The minimum absolute atomic E-state index is 0.165. The quantitative estimate of drug-likeness (QED) is 0.682. The summed E-state index contributed by atoms with van der Waals surface area (Å²) in [5, 5.41) is 0. The maximum absolute atomic E-state index is 14.1. The number of fused-ring (bicyclic) bond motifs is 1. The van der Waals surface area contributed by atoms with E-state index in [0.717, 1.165) is 5.56 Å². The van der Waals surface area contributed by atoms with Crippen molar-refractivity contribution in [3.05, 3.63) is 64.7 Å². The number of halogens is 1. The first-order valence-corrected chi connectivity index (χ1v) is 7.83. The van der Waals surface area contributed by atoms with Gasteiger partial charge in [0.1, 0.15) is 5.82 Å². The van der Waals surface area contributed by atoms with Crippen LogP contribution in [0.15, 0.2) is 53.5 Å². The molecule has 0 saturated carbocycles. The highest BCUT2D eigenvalue weighted by molar-refractivity contribution is 7.16. The van der Waals surface area contributed by atoms with Gasteiger partial charge in [-0.1, -0.05) is 53.7 Å². The number of terminal acetylenes is 1. The van der Waals surface area contributed by atoms with Crippen LogP contribution in [0.5, 0.6) is 0 Å². The maximum atomic E-state index is 14.1. The Labute approximate surface area is 136 Å². The Hall–Kier alpha value is -2.71. The number of carbonyl (C=O) groups excluding carboxylic acids is 1. The molecule has 114 valence electrons. The molecule has 2 aromatic carbocycles. The monoisotopic (exact) mass is 324 g/mol. The largest absolute Gasteiger partial charge is 0.302 e. The van der Waals surface area contributed by atoms with E-state index in [4.69, 9.17) is 6.42 Å². The molecule has 0 aliphatic carbocycles. The summed E-state index contributed by atoms with van der Waals surface area (Å²) in [4.78, 5) is 16.7. The van der Waals surface area contributed by atoms with Crippen molar-refractivity contribution in [2.24, 2.45) is 4.99 Å². The minimum atomic E-state index is -0.369. The summed E-state index contributed by atoms with van der Waals surface area (Å²) in [6, 6.07) is 14.2. The van der Waals surface area contributed by atoms with Gasteiger partial charge in [-0.3, -0.25) is 4.79 Å². The highest BCUT2D eigenvalue weighted by Gasteiger charge is 2.11. The highest BCUT2D eigenvalue weighted by Crippen LogP contribution is 2.20. The maximum Gasteiger partial charge on any atom is 0.252 e. The highest BCUT2D eigenvalue weighted by atomic mass is 32.1. The molecule has 0 fully saturated rings. The molecule has 0 aliphatic heterocycles. The molecule has 1 heterocycles. The normalized spacial score (nSPS) is 11.6. The molecule has 0 unspecified atom stereocenters. The van der Waals surface area contributed by atoms with Gasteiger partial charge in [0.25, 0.3) is 5.91 Å². The van der Waals surface area contributed by atoms with E-state index in [1.54, 1.807) is 16.7 Å². The lowest BCUT2D eigenvalue weighted by molar-refractivity contribution is -0.117. The standard InChI is InChI=1S/C18H13FN2OS/c1-2-11-21-17-14(19)9-6-10-15(17)23-18(21)20-16(22)12-13-7-4-3-5-8-13/h1,3-10H,11-12H2. The van der Waals surface area contributed by atoms with Gasteiger partial charge in [0.2, 0.25) is 0 Å². The van der Waals surface area contributed by atoms with Crippen LogP contribution in [0.25, 0.3) is 10.2 Å². The number of aromatic nitrogens is 1. The van der Waals surface area contributed by atoms with Crippen molar-refractivity contribution in [2.75, 3.05) is 0 Å². The summed E-state index contributed by atoms with van der Waals surface area (Å²) < 4.78 is 16.3. The average molecular weight is 324 g/mol. The van der Waals surface area contributed by atoms with Gasteiger partial charge in [-0.25, -0.2) is 4.39 Å². The molecule has 1 aromatic heterocycles. The van der Waals surface area contributed by atoms with E-state index in [0.29, 0.717) is 15.0 Å². The van der Waals surface area contributed by atoms with Crippen LogP contribution < -0.4 is 4.80 Å². The molecule has 5 heteroatoms. The molecule has 3 rings (SSSR count). The van der Waals surface area contributed by atoms with Crippen LogP contribution in [0.2, 0.25) is 0 Å². The molecule has 3 nitrogen and oxygen atoms in total. The third-order valence-electron chi connectivity index (χ3n) is 3.32. The minimum Gasteiger partial charge on any atom is -0.302 e. The third-order valence-corrected chi connectivity index (χ3v) is 4.36. The molecule has 0 spiro atoms. The van der Waals surface area contributed by atoms with Crippen molar-refractivity contribution >= 4 is 27.5 Å². The van der Waals surface area contributed by atoms with E-state index in [2.05, 4.69) is 10.9 Å². The molecule has 0 N–H and O–H groups in total. The van der Waals surface area contributed by atoms with Gasteiger partial charge in [-0.05, 0) is 17.7 Å². The van der Waals surface area contributed by atoms with E-state index < -0.39 is 0 Å². The van der Waals surface area contributed by atoms with Crippen LogP contribution in [-0.2, 0) is 17.8 Å². The van der Waals surface area contributed by atoms with Crippen LogP contribution in [0.3, 0.4) is 0 Å². The lowest BCUT2D eigenvalue weighted by Crippen LogP contribution is -2.17. The van der Waals surface area contributed by atoms with Gasteiger partial charge < -0.3 is 4.57 Å². The zero-order valence-corrected chi connectivity index (χ0v) is 13.0. The number of nitrogens with zero attached hydrogens (tertiary/aromatic N) is 2. The first-order chi connectivity index (χ1) is 11.2. The summed E-state index contributed by atoms with van der Waals surface area (Å²) >= 11 is 1.26. The fourth-order valence-electron chi connectivity index (χ4n) is 2.33. The Balaban J connectivity index is 2.05. The molecule has 1 amide bonds. The molecule has 0 radical (unpaired) electrons. The van der Waals surface area contributed by atoms with Crippen molar-refractivity contribution in [1.82, 2.24) is 4.57 Å². The fraction of sp³-hybridized carbons (Fsp3) is 0.111. The number of hydrogen-bond donors (Lipinski definition) is 0. The van der Waals surface area contributed by atoms with E-state index in [1.165, 1.54) is 17.4 Å². The van der Waals surface area contributed by atoms with Gasteiger partial charge in [-0.15, -0.1) is 6.42 Å². The van der Waals surface area contributed by atoms with Crippen molar-refractivity contribution in [1.29, 1.82) is 0 Å². The summed E-state index contributed by atoms with van der Waals surface area (Å²) in [5.41, 5.74) is 1.28. The topological polar surface area (TPSA) is 34.4 Å². The predicted octanol–water partition coefficient (Wildman–Crippen LogP) is 3.15. The molecule has 0 atom stereocenters. The number of hydrogen-bond acceptors (Lipinski definition) is 2. The number of benzene rings is 2. The Kier molecular flexibility index (Phi) is 4.35. The van der Waals surface area contributed by atoms with Crippen LogP contribution >= 0.6 is 11.3 Å². The van der Waals surface area contributed by atoms with Crippen LogP contribution in [0, 0.1) is 18.2 Å². The Bertz CT molecular complexity index is 964. The number of amides is 1. The second-order valence-corrected chi connectivity index (χ2v) is 5.94. The second kappa shape index (κ2) is 6.59. The van der Waals surface area contributed by atoms with Gasteiger partial charge in [-0.2, -0.15) is 4.99 Å². The predicted molar refractivity (Wildman–Crippen MR) is 89.3 cm³/mol. The lowest BCUT2D eigenvalue weighted by atomic mass is 10.1. The third kappa shape index (κ3) is 3.22. The second-order valence-electron chi connectivity index (χ2n) is 4.93. The number of carbonyl (C=O) groups is 1. The van der Waals surface area contributed by atoms with Crippen molar-refractivity contribution < 1.29 is 9.18 Å². The number of thiazole rings is 1. The molecular formula is C18H13FN2OS. The molecule has 0 aliphatic rings. The van der Waals surface area contributed by atoms with Crippen molar-refractivity contribution in [3.63, 3.8) is 0 Å². The number of rotatable bonds is 3. The van der Waals surface area contributed by atoms with E-state index in [1.807, 2.05) is 30.3 Å². The molecule has 3 aromatic rings. The fourth-order valence-corrected chi connectivity index (χ4v) is 3.39. The smallest absolute Gasteiger partial charge is 0.252 e. The molecule has 0 saturated heterocycles. The Morgan fingerprint density at radius 3 is 2.74 bits per heavy atom. The molecule has 23 heavy (non-hydrogen) atoms. The van der Waals surface area contributed by atoms with Crippen molar-refractivity contribution in [3.8, 4) is 12.3 Å². The Morgan fingerprint density at radius 2 is 2.00 bits per heavy atom. The first-order valence-electron chi connectivity index (χ1n) is 7.02.